The van der Waals surface area contributed by atoms with Crippen LogP contribution in [0.5, 0.6) is 0 Å². The Morgan fingerprint density at radius 2 is 1.54 bits per heavy atom. The molecule has 2 amide bonds. The van der Waals surface area contributed by atoms with Gasteiger partial charge in [-0.15, -0.1) is 0 Å². The van der Waals surface area contributed by atoms with E-state index in [0.29, 0.717) is 5.92 Å². The molecule has 2 aromatic carbocycles. The number of anilines is 1. The summed E-state index contributed by atoms with van der Waals surface area (Å²) in [4.78, 5) is 23.8. The van der Waals surface area contributed by atoms with Crippen molar-refractivity contribution in [2.75, 3.05) is 11.9 Å². The topological polar surface area (TPSA) is 58.2 Å². The van der Waals surface area contributed by atoms with Crippen molar-refractivity contribution in [3.8, 4) is 0 Å². The molecule has 0 bridgehead atoms. The SMILES string of the molecule is Cc1ccc(CC(=O)NCC(=O)Nc2ccc(C(C)C)cc2)cc1. The van der Waals surface area contributed by atoms with Crippen LogP contribution in [0.1, 0.15) is 36.5 Å². The summed E-state index contributed by atoms with van der Waals surface area (Å²) in [5, 5.41) is 5.43. The Balaban J connectivity index is 1.77. The number of carbonyl (C=O) groups is 2. The van der Waals surface area contributed by atoms with Crippen LogP contribution in [0.15, 0.2) is 48.5 Å². The van der Waals surface area contributed by atoms with E-state index < -0.39 is 0 Å². The summed E-state index contributed by atoms with van der Waals surface area (Å²) in [6.45, 7) is 6.22. The minimum Gasteiger partial charge on any atom is -0.347 e. The maximum Gasteiger partial charge on any atom is 0.243 e. The molecule has 4 heteroatoms. The molecule has 2 N–H and O–H groups in total. The number of rotatable bonds is 6. The van der Waals surface area contributed by atoms with Crippen molar-refractivity contribution in [2.45, 2.75) is 33.1 Å². The third-order valence-corrected chi connectivity index (χ3v) is 3.79. The molecule has 0 unspecified atom stereocenters. The molecule has 0 aromatic heterocycles. The molecular weight excluding hydrogens is 300 g/mol. The Morgan fingerprint density at radius 1 is 0.917 bits per heavy atom. The zero-order valence-electron chi connectivity index (χ0n) is 14.4. The smallest absolute Gasteiger partial charge is 0.243 e. The lowest BCUT2D eigenvalue weighted by molar-refractivity contribution is -0.123. The lowest BCUT2D eigenvalue weighted by Gasteiger charge is -2.09. The van der Waals surface area contributed by atoms with Crippen LogP contribution in [0.3, 0.4) is 0 Å². The molecule has 0 heterocycles. The predicted octanol–water partition coefficient (Wildman–Crippen LogP) is 3.42. The van der Waals surface area contributed by atoms with Gasteiger partial charge in [0.1, 0.15) is 0 Å². The van der Waals surface area contributed by atoms with Gasteiger partial charge in [0.2, 0.25) is 11.8 Å². The number of hydrogen-bond donors (Lipinski definition) is 2. The van der Waals surface area contributed by atoms with E-state index in [9.17, 15) is 9.59 Å². The first-order chi connectivity index (χ1) is 11.4. The van der Waals surface area contributed by atoms with Crippen LogP contribution >= 0.6 is 0 Å². The lowest BCUT2D eigenvalue weighted by Crippen LogP contribution is -2.33. The van der Waals surface area contributed by atoms with Gasteiger partial charge >= 0.3 is 0 Å². The second kappa shape index (κ2) is 8.29. The molecular formula is C20H24N2O2. The monoisotopic (exact) mass is 324 g/mol. The van der Waals surface area contributed by atoms with E-state index in [0.717, 1.165) is 16.8 Å². The molecule has 0 fully saturated rings. The van der Waals surface area contributed by atoms with Gasteiger partial charge in [0.05, 0.1) is 13.0 Å². The number of benzene rings is 2. The summed E-state index contributed by atoms with van der Waals surface area (Å²) in [5.41, 5.74) is 4.04. The largest absolute Gasteiger partial charge is 0.347 e. The molecule has 0 saturated carbocycles. The quantitative estimate of drug-likeness (QED) is 0.855. The van der Waals surface area contributed by atoms with E-state index in [2.05, 4.69) is 24.5 Å². The first-order valence-corrected chi connectivity index (χ1v) is 8.16. The number of hydrogen-bond acceptors (Lipinski definition) is 2. The van der Waals surface area contributed by atoms with Crippen LogP contribution in [-0.2, 0) is 16.0 Å². The predicted molar refractivity (Wildman–Crippen MR) is 97.1 cm³/mol. The molecule has 0 saturated heterocycles. The van der Waals surface area contributed by atoms with Gasteiger partial charge in [0, 0.05) is 5.69 Å². The highest BCUT2D eigenvalue weighted by Crippen LogP contribution is 2.16. The molecule has 2 rings (SSSR count). The molecule has 0 aliphatic heterocycles. The Labute approximate surface area is 143 Å². The van der Waals surface area contributed by atoms with Crippen molar-refractivity contribution in [1.29, 1.82) is 0 Å². The van der Waals surface area contributed by atoms with Gasteiger partial charge in [-0.3, -0.25) is 9.59 Å². The van der Waals surface area contributed by atoms with E-state index in [-0.39, 0.29) is 24.8 Å². The summed E-state index contributed by atoms with van der Waals surface area (Å²) in [6.07, 6.45) is 0.274. The fourth-order valence-corrected chi connectivity index (χ4v) is 2.29. The first-order valence-electron chi connectivity index (χ1n) is 8.16. The van der Waals surface area contributed by atoms with Crippen LogP contribution < -0.4 is 10.6 Å². The van der Waals surface area contributed by atoms with Gasteiger partial charge in [-0.25, -0.2) is 0 Å². The van der Waals surface area contributed by atoms with Crippen molar-refractivity contribution in [1.82, 2.24) is 5.32 Å². The second-order valence-electron chi connectivity index (χ2n) is 6.26. The van der Waals surface area contributed by atoms with Crippen LogP contribution in [-0.4, -0.2) is 18.4 Å². The highest BCUT2D eigenvalue weighted by atomic mass is 16.2. The van der Waals surface area contributed by atoms with Gasteiger partial charge < -0.3 is 10.6 Å². The van der Waals surface area contributed by atoms with Crippen molar-refractivity contribution >= 4 is 17.5 Å². The van der Waals surface area contributed by atoms with E-state index in [4.69, 9.17) is 0 Å². The highest BCUT2D eigenvalue weighted by molar-refractivity contribution is 5.94. The minimum absolute atomic E-state index is 0.0311. The zero-order valence-corrected chi connectivity index (χ0v) is 14.4. The molecule has 0 aliphatic carbocycles. The fraction of sp³-hybridized carbons (Fsp3) is 0.300. The van der Waals surface area contributed by atoms with Crippen LogP contribution in [0.25, 0.3) is 0 Å². The molecule has 4 nitrogen and oxygen atoms in total. The molecule has 2 aromatic rings. The van der Waals surface area contributed by atoms with E-state index in [1.54, 1.807) is 0 Å². The minimum atomic E-state index is -0.232. The summed E-state index contributed by atoms with van der Waals surface area (Å²) in [6, 6.07) is 15.5. The van der Waals surface area contributed by atoms with Crippen molar-refractivity contribution in [3.05, 3.63) is 65.2 Å². The lowest BCUT2D eigenvalue weighted by atomic mass is 10.0. The van der Waals surface area contributed by atoms with Crippen LogP contribution in [0.4, 0.5) is 5.69 Å². The third kappa shape index (κ3) is 5.54. The van der Waals surface area contributed by atoms with Gasteiger partial charge in [-0.05, 0) is 36.1 Å². The maximum atomic E-state index is 11.9. The van der Waals surface area contributed by atoms with Gasteiger partial charge in [0.25, 0.3) is 0 Å². The summed E-state index contributed by atoms with van der Waals surface area (Å²) in [7, 11) is 0. The van der Waals surface area contributed by atoms with E-state index in [1.165, 1.54) is 5.56 Å². The van der Waals surface area contributed by atoms with Crippen molar-refractivity contribution < 1.29 is 9.59 Å². The van der Waals surface area contributed by atoms with Crippen molar-refractivity contribution in [2.24, 2.45) is 0 Å². The highest BCUT2D eigenvalue weighted by Gasteiger charge is 2.07. The Bertz CT molecular complexity index is 689. The molecule has 24 heavy (non-hydrogen) atoms. The summed E-state index contributed by atoms with van der Waals surface area (Å²) >= 11 is 0. The number of aryl methyl sites for hydroxylation is 1. The van der Waals surface area contributed by atoms with E-state index >= 15 is 0 Å². The van der Waals surface area contributed by atoms with E-state index in [1.807, 2.05) is 55.5 Å². The van der Waals surface area contributed by atoms with Gasteiger partial charge in [0.15, 0.2) is 0 Å². The Hall–Kier alpha value is -2.62. The van der Waals surface area contributed by atoms with Gasteiger partial charge in [-0.1, -0.05) is 55.8 Å². The third-order valence-electron chi connectivity index (χ3n) is 3.79. The molecule has 0 radical (unpaired) electrons. The molecule has 0 spiro atoms. The standard InChI is InChI=1S/C20H24N2O2/c1-14(2)17-8-10-18(11-9-17)22-20(24)13-21-19(23)12-16-6-4-15(3)5-7-16/h4-11,14H,12-13H2,1-3H3,(H,21,23)(H,22,24). The van der Waals surface area contributed by atoms with Crippen molar-refractivity contribution in [3.63, 3.8) is 0 Å². The Kier molecular flexibility index (Phi) is 6.13. The molecule has 0 aliphatic rings. The maximum absolute atomic E-state index is 11.9. The number of nitrogens with one attached hydrogen (secondary N) is 2. The Morgan fingerprint density at radius 3 is 2.12 bits per heavy atom. The van der Waals surface area contributed by atoms with Crippen LogP contribution in [0, 0.1) is 6.92 Å². The zero-order chi connectivity index (χ0) is 17.5. The fourth-order valence-electron chi connectivity index (χ4n) is 2.29. The van der Waals surface area contributed by atoms with Gasteiger partial charge in [-0.2, -0.15) is 0 Å². The summed E-state index contributed by atoms with van der Waals surface area (Å²) < 4.78 is 0. The second-order valence-corrected chi connectivity index (χ2v) is 6.26. The first kappa shape index (κ1) is 17.7. The number of amides is 2. The normalized spacial score (nSPS) is 10.5. The van der Waals surface area contributed by atoms with Crippen LogP contribution in [0.2, 0.25) is 0 Å². The average Bonchev–Trinajstić information content (AvgIpc) is 2.55. The number of carbonyl (C=O) groups excluding carboxylic acids is 2. The summed E-state index contributed by atoms with van der Waals surface area (Å²) in [5.74, 6) is 0.0597. The molecule has 126 valence electrons. The average molecular weight is 324 g/mol. The molecule has 0 atom stereocenters.